The minimum absolute atomic E-state index is 0.300. The number of nitrogens with zero attached hydrogens (tertiary/aromatic N) is 3. The molecule has 1 aromatic carbocycles. The van der Waals surface area contributed by atoms with Crippen LogP contribution >= 0.6 is 11.3 Å². The fourth-order valence-electron chi connectivity index (χ4n) is 3.00. The summed E-state index contributed by atoms with van der Waals surface area (Å²) in [5.41, 5.74) is 4.28. The van der Waals surface area contributed by atoms with Crippen LogP contribution in [0.25, 0.3) is 16.2 Å². The van der Waals surface area contributed by atoms with E-state index in [0.29, 0.717) is 18.9 Å². The second-order valence-electron chi connectivity index (χ2n) is 6.02. The smallest absolute Gasteiger partial charge is 0.194 e. The maximum absolute atomic E-state index is 9.26. The lowest BCUT2D eigenvalue weighted by Crippen LogP contribution is -1.99. The number of rotatable bonds is 5. The number of benzene rings is 1. The maximum Gasteiger partial charge on any atom is 0.194 e. The monoisotopic (exact) mass is 339 g/mol. The lowest BCUT2D eigenvalue weighted by Gasteiger charge is -2.09. The Bertz CT molecular complexity index is 897. The van der Waals surface area contributed by atoms with Gasteiger partial charge in [0.15, 0.2) is 4.96 Å². The highest BCUT2D eigenvalue weighted by Crippen LogP contribution is 2.35. The number of nitriles is 1. The lowest BCUT2D eigenvalue weighted by molar-refractivity contribution is 0.340. The summed E-state index contributed by atoms with van der Waals surface area (Å²) >= 11 is 1.68. The van der Waals surface area contributed by atoms with E-state index in [1.807, 2.05) is 19.1 Å². The molecule has 0 atom stereocenters. The number of hydrogen-bond donors (Lipinski definition) is 0. The zero-order valence-corrected chi connectivity index (χ0v) is 15.3. The molecule has 0 N–H and O–H groups in total. The van der Waals surface area contributed by atoms with Crippen molar-refractivity contribution in [1.82, 2.24) is 9.38 Å². The van der Waals surface area contributed by atoms with Crippen LogP contribution in [-0.2, 0) is 6.42 Å². The fourth-order valence-corrected chi connectivity index (χ4v) is 4.02. The van der Waals surface area contributed by atoms with Gasteiger partial charge in [0.25, 0.3) is 0 Å². The van der Waals surface area contributed by atoms with E-state index in [1.165, 1.54) is 4.88 Å². The summed E-state index contributed by atoms with van der Waals surface area (Å²) in [5, 5.41) is 9.26. The number of aryl methyl sites for hydroxylation is 1. The van der Waals surface area contributed by atoms with Gasteiger partial charge in [0.2, 0.25) is 0 Å². The molecule has 0 saturated heterocycles. The van der Waals surface area contributed by atoms with E-state index < -0.39 is 0 Å². The topological polar surface area (TPSA) is 50.3 Å². The van der Waals surface area contributed by atoms with Crippen LogP contribution < -0.4 is 4.74 Å². The molecule has 2 aromatic heterocycles. The summed E-state index contributed by atoms with van der Waals surface area (Å²) in [7, 11) is 0. The third kappa shape index (κ3) is 2.78. The molecule has 0 fully saturated rings. The number of aromatic nitrogens is 2. The highest BCUT2D eigenvalue weighted by atomic mass is 32.1. The van der Waals surface area contributed by atoms with Crippen molar-refractivity contribution in [3.63, 3.8) is 0 Å². The largest absolute Gasteiger partial charge is 0.494 e. The molecule has 0 spiro atoms. The number of ether oxygens (including phenoxy) is 1. The molecule has 0 radical (unpaired) electrons. The average molecular weight is 339 g/mol. The van der Waals surface area contributed by atoms with E-state index in [0.717, 1.165) is 33.4 Å². The van der Waals surface area contributed by atoms with Gasteiger partial charge in [-0.2, -0.15) is 5.26 Å². The van der Waals surface area contributed by atoms with Gasteiger partial charge in [-0.15, -0.1) is 11.3 Å². The molecular weight excluding hydrogens is 318 g/mol. The number of thiazole rings is 1. The molecule has 3 rings (SSSR count). The van der Waals surface area contributed by atoms with Crippen LogP contribution in [0.1, 0.15) is 43.0 Å². The van der Waals surface area contributed by atoms with Gasteiger partial charge < -0.3 is 4.74 Å². The summed E-state index contributed by atoms with van der Waals surface area (Å²) in [6, 6.07) is 10.4. The summed E-state index contributed by atoms with van der Waals surface area (Å²) in [6.45, 7) is 8.99. The van der Waals surface area contributed by atoms with E-state index in [2.05, 4.69) is 43.4 Å². The van der Waals surface area contributed by atoms with Crippen LogP contribution in [0, 0.1) is 18.3 Å². The van der Waals surface area contributed by atoms with E-state index in [4.69, 9.17) is 9.72 Å². The zero-order valence-electron chi connectivity index (χ0n) is 14.5. The van der Waals surface area contributed by atoms with Crippen molar-refractivity contribution in [1.29, 1.82) is 5.26 Å². The van der Waals surface area contributed by atoms with Crippen LogP contribution in [0.3, 0.4) is 0 Å². The molecule has 4 nitrogen and oxygen atoms in total. The standard InChI is InChI=1S/C19H21N3OS/c1-5-23-15-8-6-14(7-9-15)18-13(4)24-19-21-17(12(2)3)16(10-11-20)22(18)19/h6-9,12H,5,10H2,1-4H3. The molecule has 0 aliphatic carbocycles. The summed E-state index contributed by atoms with van der Waals surface area (Å²) in [5.74, 6) is 1.17. The fraction of sp³-hybridized carbons (Fsp3) is 0.368. The average Bonchev–Trinajstić information content (AvgIpc) is 3.05. The molecule has 5 heteroatoms. The summed E-state index contributed by atoms with van der Waals surface area (Å²) in [6.07, 6.45) is 0.370. The Kier molecular flexibility index (Phi) is 4.59. The van der Waals surface area contributed by atoms with Crippen LogP contribution in [0.5, 0.6) is 5.75 Å². The third-order valence-corrected chi connectivity index (χ3v) is 4.96. The molecule has 0 aliphatic rings. The Morgan fingerprint density at radius 3 is 2.58 bits per heavy atom. The van der Waals surface area contributed by atoms with Crippen molar-refractivity contribution >= 4 is 16.3 Å². The molecule has 0 bridgehead atoms. The molecular formula is C19H21N3OS. The van der Waals surface area contributed by atoms with Gasteiger partial charge in [0, 0.05) is 4.88 Å². The molecule has 124 valence electrons. The predicted molar refractivity (Wildman–Crippen MR) is 97.8 cm³/mol. The van der Waals surface area contributed by atoms with Gasteiger partial charge in [-0.25, -0.2) is 4.98 Å². The van der Waals surface area contributed by atoms with Crippen LogP contribution in [0.2, 0.25) is 0 Å². The first-order chi connectivity index (χ1) is 11.6. The predicted octanol–water partition coefficient (Wildman–Crippen LogP) is 4.96. The van der Waals surface area contributed by atoms with Crippen LogP contribution in [0.15, 0.2) is 24.3 Å². The SMILES string of the molecule is CCOc1ccc(-c2c(C)sc3nc(C(C)C)c(CC#N)n23)cc1. The van der Waals surface area contributed by atoms with Gasteiger partial charge in [-0.05, 0) is 49.6 Å². The molecule has 24 heavy (non-hydrogen) atoms. The normalized spacial score (nSPS) is 11.2. The van der Waals surface area contributed by atoms with E-state index in [-0.39, 0.29) is 0 Å². The van der Waals surface area contributed by atoms with Crippen molar-refractivity contribution < 1.29 is 4.74 Å². The number of hydrogen-bond acceptors (Lipinski definition) is 4. The summed E-state index contributed by atoms with van der Waals surface area (Å²) < 4.78 is 7.70. The van der Waals surface area contributed by atoms with Gasteiger partial charge in [-0.3, -0.25) is 4.40 Å². The Morgan fingerprint density at radius 1 is 1.29 bits per heavy atom. The molecule has 3 aromatic rings. The minimum atomic E-state index is 0.300. The van der Waals surface area contributed by atoms with Crippen LogP contribution in [-0.4, -0.2) is 16.0 Å². The number of imidazole rings is 1. The number of fused-ring (bicyclic) bond motifs is 1. The molecule has 0 aliphatic heterocycles. The van der Waals surface area contributed by atoms with Crippen LogP contribution in [0.4, 0.5) is 0 Å². The Morgan fingerprint density at radius 2 is 2.00 bits per heavy atom. The third-order valence-electron chi connectivity index (χ3n) is 4.01. The molecule has 2 heterocycles. The first-order valence-electron chi connectivity index (χ1n) is 8.17. The van der Waals surface area contributed by atoms with Gasteiger partial charge in [-0.1, -0.05) is 13.8 Å². The lowest BCUT2D eigenvalue weighted by atomic mass is 10.1. The highest BCUT2D eigenvalue weighted by molar-refractivity contribution is 7.17. The molecule has 0 unspecified atom stereocenters. The second kappa shape index (κ2) is 6.66. The van der Waals surface area contributed by atoms with Gasteiger partial charge >= 0.3 is 0 Å². The van der Waals surface area contributed by atoms with E-state index in [9.17, 15) is 5.26 Å². The highest BCUT2D eigenvalue weighted by Gasteiger charge is 2.21. The maximum atomic E-state index is 9.26. The van der Waals surface area contributed by atoms with Crippen molar-refractivity contribution in [3.8, 4) is 23.1 Å². The van der Waals surface area contributed by atoms with Gasteiger partial charge in [0.05, 0.1) is 36.2 Å². The van der Waals surface area contributed by atoms with E-state index >= 15 is 0 Å². The second-order valence-corrected chi connectivity index (χ2v) is 7.20. The Hall–Kier alpha value is -2.32. The molecule has 0 amide bonds. The van der Waals surface area contributed by atoms with Gasteiger partial charge in [0.1, 0.15) is 5.75 Å². The van der Waals surface area contributed by atoms with E-state index in [1.54, 1.807) is 11.3 Å². The summed E-state index contributed by atoms with van der Waals surface area (Å²) in [4.78, 5) is 6.96. The van der Waals surface area contributed by atoms with Crippen molar-refractivity contribution in [2.24, 2.45) is 0 Å². The van der Waals surface area contributed by atoms with Crippen molar-refractivity contribution in [2.75, 3.05) is 6.61 Å². The Balaban J connectivity index is 2.19. The zero-order chi connectivity index (χ0) is 17.3. The first kappa shape index (κ1) is 16.5. The van der Waals surface area contributed by atoms with Crippen molar-refractivity contribution in [2.45, 2.75) is 40.0 Å². The van der Waals surface area contributed by atoms with Crippen molar-refractivity contribution in [3.05, 3.63) is 40.5 Å². The Labute approximate surface area is 146 Å². The molecule has 0 saturated carbocycles. The minimum Gasteiger partial charge on any atom is -0.494 e. The first-order valence-corrected chi connectivity index (χ1v) is 8.99. The quantitative estimate of drug-likeness (QED) is 0.660.